The van der Waals surface area contributed by atoms with Crippen LogP contribution < -0.4 is 4.72 Å². The van der Waals surface area contributed by atoms with Gasteiger partial charge in [0.05, 0.1) is 23.9 Å². The van der Waals surface area contributed by atoms with E-state index in [1.807, 2.05) is 18.4 Å². The van der Waals surface area contributed by atoms with Gasteiger partial charge in [0.25, 0.3) is 0 Å². The molecule has 0 radical (unpaired) electrons. The molecule has 0 amide bonds. The van der Waals surface area contributed by atoms with Gasteiger partial charge in [-0.3, -0.25) is 0 Å². The third-order valence-corrected chi connectivity index (χ3v) is 4.98. The van der Waals surface area contributed by atoms with Gasteiger partial charge in [-0.15, -0.1) is 11.3 Å². The zero-order valence-electron chi connectivity index (χ0n) is 10.8. The fourth-order valence-corrected chi connectivity index (χ4v) is 3.39. The minimum absolute atomic E-state index is 0.181. The maximum atomic E-state index is 12.1. The lowest BCUT2D eigenvalue weighted by Gasteiger charge is -2.05. The summed E-state index contributed by atoms with van der Waals surface area (Å²) in [6, 6.07) is 8.31. The smallest absolute Gasteiger partial charge is 0.240 e. The molecular formula is C13H13N3O2S2. The predicted molar refractivity (Wildman–Crippen MR) is 76.6 cm³/mol. The first-order chi connectivity index (χ1) is 9.51. The first kappa shape index (κ1) is 14.7. The molecule has 0 saturated heterocycles. The van der Waals surface area contributed by atoms with E-state index in [1.54, 1.807) is 12.1 Å². The molecule has 20 heavy (non-hydrogen) atoms. The van der Waals surface area contributed by atoms with Crippen LogP contribution >= 0.6 is 11.3 Å². The molecule has 1 heterocycles. The van der Waals surface area contributed by atoms with E-state index in [4.69, 9.17) is 5.26 Å². The molecule has 2 aromatic rings. The summed E-state index contributed by atoms with van der Waals surface area (Å²) < 4.78 is 26.7. The van der Waals surface area contributed by atoms with Gasteiger partial charge in [0.2, 0.25) is 10.0 Å². The highest BCUT2D eigenvalue weighted by Gasteiger charge is 2.14. The summed E-state index contributed by atoms with van der Waals surface area (Å²) in [6.07, 6.45) is 0.270. The molecule has 1 aromatic heterocycles. The number of nitrogens with zero attached hydrogens (tertiary/aromatic N) is 2. The molecular weight excluding hydrogens is 294 g/mol. The van der Waals surface area contributed by atoms with Gasteiger partial charge >= 0.3 is 0 Å². The summed E-state index contributed by atoms with van der Waals surface area (Å²) in [6.45, 7) is 2.04. The van der Waals surface area contributed by atoms with Crippen LogP contribution in [0.3, 0.4) is 0 Å². The lowest BCUT2D eigenvalue weighted by molar-refractivity contribution is 0.581. The summed E-state index contributed by atoms with van der Waals surface area (Å²) in [5.74, 6) is 0. The molecule has 2 rings (SSSR count). The Bertz CT molecular complexity index is 728. The van der Waals surface area contributed by atoms with Gasteiger partial charge in [-0.1, -0.05) is 12.1 Å². The van der Waals surface area contributed by atoms with Crippen molar-refractivity contribution in [1.82, 2.24) is 9.71 Å². The normalized spacial score (nSPS) is 11.2. The number of sulfonamides is 1. The number of nitrogens with one attached hydrogen (secondary N) is 1. The number of nitriles is 1. The van der Waals surface area contributed by atoms with E-state index in [0.29, 0.717) is 0 Å². The molecule has 0 unspecified atom stereocenters. The third-order valence-electron chi connectivity index (χ3n) is 2.60. The Hall–Kier alpha value is -1.75. The molecule has 0 atom stereocenters. The van der Waals surface area contributed by atoms with E-state index in [9.17, 15) is 8.42 Å². The molecule has 0 spiro atoms. The number of aromatic nitrogens is 1. The Balaban J connectivity index is 2.08. The largest absolute Gasteiger partial charge is 0.245 e. The van der Waals surface area contributed by atoms with Crippen molar-refractivity contribution in [3.05, 3.63) is 45.9 Å². The van der Waals surface area contributed by atoms with Crippen LogP contribution in [0, 0.1) is 18.3 Å². The van der Waals surface area contributed by atoms with Gasteiger partial charge in [-0.05, 0) is 24.6 Å². The summed E-state index contributed by atoms with van der Waals surface area (Å²) >= 11 is 1.42. The number of aryl methyl sites for hydroxylation is 1. The second kappa shape index (κ2) is 6.13. The fourth-order valence-electron chi connectivity index (χ4n) is 1.60. The van der Waals surface area contributed by atoms with Gasteiger partial charge in [-0.25, -0.2) is 18.1 Å². The van der Waals surface area contributed by atoms with E-state index >= 15 is 0 Å². The summed E-state index contributed by atoms with van der Waals surface area (Å²) in [7, 11) is -3.55. The standard InChI is InChI=1S/C13H13N3O2S2/c1-10-9-19-13(16-10)8-15-20(17,18)12-4-2-11(3-5-12)6-7-14/h2-5,9,15H,6,8H2,1H3. The van der Waals surface area contributed by atoms with Crippen molar-refractivity contribution in [3.8, 4) is 6.07 Å². The molecule has 0 aliphatic heterocycles. The molecule has 5 nitrogen and oxygen atoms in total. The van der Waals surface area contributed by atoms with Gasteiger partial charge in [0.15, 0.2) is 0 Å². The summed E-state index contributed by atoms with van der Waals surface area (Å²) in [4.78, 5) is 4.39. The van der Waals surface area contributed by atoms with E-state index in [-0.39, 0.29) is 17.9 Å². The minimum Gasteiger partial charge on any atom is -0.245 e. The highest BCUT2D eigenvalue weighted by molar-refractivity contribution is 7.89. The Morgan fingerprint density at radius 2 is 2.05 bits per heavy atom. The lowest BCUT2D eigenvalue weighted by Crippen LogP contribution is -2.23. The van der Waals surface area contributed by atoms with Crippen molar-refractivity contribution < 1.29 is 8.42 Å². The fraction of sp³-hybridized carbons (Fsp3) is 0.231. The molecule has 0 saturated carbocycles. The summed E-state index contributed by atoms with van der Waals surface area (Å²) in [5.41, 5.74) is 1.67. The van der Waals surface area contributed by atoms with Crippen molar-refractivity contribution >= 4 is 21.4 Å². The average molecular weight is 307 g/mol. The van der Waals surface area contributed by atoms with Crippen LogP contribution in [-0.2, 0) is 23.0 Å². The molecule has 0 bridgehead atoms. The van der Waals surface area contributed by atoms with Gasteiger partial charge < -0.3 is 0 Å². The highest BCUT2D eigenvalue weighted by Crippen LogP contribution is 2.13. The maximum absolute atomic E-state index is 12.1. The molecule has 104 valence electrons. The zero-order valence-corrected chi connectivity index (χ0v) is 12.5. The number of thiazole rings is 1. The van der Waals surface area contributed by atoms with Crippen LogP contribution in [0.2, 0.25) is 0 Å². The van der Waals surface area contributed by atoms with E-state index in [0.717, 1.165) is 16.3 Å². The van der Waals surface area contributed by atoms with Gasteiger partial charge in [0, 0.05) is 11.1 Å². The maximum Gasteiger partial charge on any atom is 0.240 e. The Morgan fingerprint density at radius 3 is 2.60 bits per heavy atom. The van der Waals surface area contributed by atoms with Crippen molar-refractivity contribution in [2.75, 3.05) is 0 Å². The van der Waals surface area contributed by atoms with Crippen molar-refractivity contribution in [2.24, 2.45) is 0 Å². The van der Waals surface area contributed by atoms with Crippen LogP contribution in [0.15, 0.2) is 34.5 Å². The van der Waals surface area contributed by atoms with Crippen molar-refractivity contribution in [1.29, 1.82) is 5.26 Å². The topological polar surface area (TPSA) is 82.9 Å². The first-order valence-corrected chi connectivity index (χ1v) is 8.24. The predicted octanol–water partition coefficient (Wildman–Crippen LogP) is 2.00. The SMILES string of the molecule is Cc1csc(CNS(=O)(=O)c2ccc(CC#N)cc2)n1. The van der Waals surface area contributed by atoms with Gasteiger partial charge in [0.1, 0.15) is 5.01 Å². The molecule has 7 heteroatoms. The van der Waals surface area contributed by atoms with E-state index in [2.05, 4.69) is 9.71 Å². The monoisotopic (exact) mass is 307 g/mol. The zero-order chi connectivity index (χ0) is 14.6. The molecule has 1 aromatic carbocycles. The number of hydrogen-bond acceptors (Lipinski definition) is 5. The second-order valence-corrected chi connectivity index (χ2v) is 6.90. The molecule has 0 fully saturated rings. The van der Waals surface area contributed by atoms with Crippen molar-refractivity contribution in [3.63, 3.8) is 0 Å². The molecule has 1 N–H and O–H groups in total. The van der Waals surface area contributed by atoms with E-state index < -0.39 is 10.0 Å². The Labute approximate surface area is 122 Å². The third kappa shape index (κ3) is 3.63. The van der Waals surface area contributed by atoms with Crippen LogP contribution in [0.4, 0.5) is 0 Å². The Morgan fingerprint density at radius 1 is 1.35 bits per heavy atom. The summed E-state index contributed by atoms with van der Waals surface area (Å²) in [5, 5.41) is 11.2. The van der Waals surface area contributed by atoms with Crippen LogP contribution in [-0.4, -0.2) is 13.4 Å². The van der Waals surface area contributed by atoms with Crippen LogP contribution in [0.25, 0.3) is 0 Å². The van der Waals surface area contributed by atoms with Gasteiger partial charge in [-0.2, -0.15) is 5.26 Å². The Kier molecular flexibility index (Phi) is 4.49. The van der Waals surface area contributed by atoms with Crippen molar-refractivity contribution in [2.45, 2.75) is 24.8 Å². The number of hydrogen-bond donors (Lipinski definition) is 1. The first-order valence-electron chi connectivity index (χ1n) is 5.88. The lowest BCUT2D eigenvalue weighted by atomic mass is 10.2. The average Bonchev–Trinajstić information content (AvgIpc) is 2.84. The second-order valence-electron chi connectivity index (χ2n) is 4.19. The molecule has 0 aliphatic rings. The number of rotatable bonds is 5. The minimum atomic E-state index is -3.55. The van der Waals surface area contributed by atoms with E-state index in [1.165, 1.54) is 23.5 Å². The van der Waals surface area contributed by atoms with Crippen LogP contribution in [0.5, 0.6) is 0 Å². The molecule has 0 aliphatic carbocycles. The van der Waals surface area contributed by atoms with Crippen LogP contribution in [0.1, 0.15) is 16.3 Å². The number of benzene rings is 1. The highest BCUT2D eigenvalue weighted by atomic mass is 32.2. The quantitative estimate of drug-likeness (QED) is 0.915.